The van der Waals surface area contributed by atoms with E-state index < -0.39 is 23.3 Å². The van der Waals surface area contributed by atoms with Crippen LogP contribution in [-0.4, -0.2) is 22.5 Å². The number of rotatable bonds is 1. The highest BCUT2D eigenvalue weighted by Crippen LogP contribution is 2.40. The highest BCUT2D eigenvalue weighted by atomic mass is 16.3. The molecule has 22 heavy (non-hydrogen) atoms. The van der Waals surface area contributed by atoms with E-state index in [1.165, 1.54) is 0 Å². The number of ketones is 3. The maximum atomic E-state index is 12.5. The predicted octanol–water partition coefficient (Wildman–Crippen LogP) is 2.85. The fourth-order valence-corrected chi connectivity index (χ4v) is 3.16. The van der Waals surface area contributed by atoms with Crippen molar-refractivity contribution in [2.45, 2.75) is 0 Å². The Balaban J connectivity index is 1.89. The van der Waals surface area contributed by atoms with Crippen LogP contribution in [0.3, 0.4) is 0 Å². The van der Waals surface area contributed by atoms with Crippen molar-refractivity contribution in [2.75, 3.05) is 0 Å². The van der Waals surface area contributed by atoms with Crippen molar-refractivity contribution in [1.29, 1.82) is 0 Å². The van der Waals surface area contributed by atoms with Crippen LogP contribution in [0.2, 0.25) is 0 Å². The summed E-state index contributed by atoms with van der Waals surface area (Å²) in [6.07, 6.45) is 0. The van der Waals surface area contributed by atoms with Gasteiger partial charge in [0.05, 0.1) is 5.57 Å². The van der Waals surface area contributed by atoms with Gasteiger partial charge in [0.15, 0.2) is 17.3 Å². The monoisotopic (exact) mass is 290 g/mol. The highest BCUT2D eigenvalue weighted by Gasteiger charge is 2.47. The van der Waals surface area contributed by atoms with Gasteiger partial charge in [0, 0.05) is 22.3 Å². The Bertz CT molecular complexity index is 870. The van der Waals surface area contributed by atoms with Gasteiger partial charge < -0.3 is 5.11 Å². The Morgan fingerprint density at radius 2 is 1.14 bits per heavy atom. The molecule has 0 spiro atoms. The number of benzene rings is 2. The van der Waals surface area contributed by atoms with Crippen molar-refractivity contribution in [1.82, 2.24) is 0 Å². The number of carbonyl (C=O) groups is 3. The lowest BCUT2D eigenvalue weighted by Crippen LogP contribution is -2.22. The van der Waals surface area contributed by atoms with Crippen LogP contribution in [0, 0.1) is 5.92 Å². The smallest absolute Gasteiger partial charge is 0.194 e. The van der Waals surface area contributed by atoms with Gasteiger partial charge in [-0.25, -0.2) is 0 Å². The summed E-state index contributed by atoms with van der Waals surface area (Å²) in [4.78, 5) is 37.6. The van der Waals surface area contributed by atoms with Crippen LogP contribution in [-0.2, 0) is 0 Å². The van der Waals surface area contributed by atoms with Gasteiger partial charge in [-0.1, -0.05) is 48.5 Å². The summed E-state index contributed by atoms with van der Waals surface area (Å²) in [5, 5.41) is 10.3. The molecule has 0 radical (unpaired) electrons. The van der Waals surface area contributed by atoms with E-state index in [-0.39, 0.29) is 11.3 Å². The maximum Gasteiger partial charge on any atom is 0.194 e. The molecule has 4 rings (SSSR count). The minimum Gasteiger partial charge on any atom is -0.507 e. The van der Waals surface area contributed by atoms with E-state index >= 15 is 0 Å². The Kier molecular flexibility index (Phi) is 2.45. The van der Waals surface area contributed by atoms with Gasteiger partial charge in [-0.05, 0) is 0 Å². The number of carbonyl (C=O) groups excluding carboxylic acids is 3. The molecular formula is C18H10O4. The summed E-state index contributed by atoms with van der Waals surface area (Å²) in [5.41, 5.74) is 1.21. The normalized spacial score (nSPS) is 17.2. The van der Waals surface area contributed by atoms with Crippen LogP contribution in [0.4, 0.5) is 0 Å². The summed E-state index contributed by atoms with van der Waals surface area (Å²) in [6.45, 7) is 0. The lowest BCUT2D eigenvalue weighted by Gasteiger charge is -2.07. The first-order valence-electron chi connectivity index (χ1n) is 6.86. The third-order valence-electron chi connectivity index (χ3n) is 4.20. The Labute approximate surface area is 125 Å². The van der Waals surface area contributed by atoms with Gasteiger partial charge in [0.2, 0.25) is 0 Å². The molecule has 0 aromatic heterocycles. The molecule has 106 valence electrons. The third-order valence-corrected chi connectivity index (χ3v) is 4.20. The van der Waals surface area contributed by atoms with E-state index in [2.05, 4.69) is 0 Å². The fourth-order valence-electron chi connectivity index (χ4n) is 3.16. The minimum atomic E-state index is -1.24. The third kappa shape index (κ3) is 1.44. The summed E-state index contributed by atoms with van der Waals surface area (Å²) in [7, 11) is 0. The summed E-state index contributed by atoms with van der Waals surface area (Å²) >= 11 is 0. The molecule has 0 amide bonds. The highest BCUT2D eigenvalue weighted by molar-refractivity contribution is 6.34. The Morgan fingerprint density at radius 1 is 0.682 bits per heavy atom. The second-order valence-corrected chi connectivity index (χ2v) is 5.34. The number of Topliss-reactive ketones (excluding diaryl/α,β-unsaturated/α-hetero) is 3. The summed E-state index contributed by atoms with van der Waals surface area (Å²) in [5.74, 6) is -2.81. The second-order valence-electron chi connectivity index (χ2n) is 5.34. The largest absolute Gasteiger partial charge is 0.507 e. The first-order valence-corrected chi connectivity index (χ1v) is 6.86. The van der Waals surface area contributed by atoms with Crippen LogP contribution in [0.5, 0.6) is 0 Å². The molecule has 1 N–H and O–H groups in total. The minimum absolute atomic E-state index is 0.104. The molecule has 2 aromatic carbocycles. The lowest BCUT2D eigenvalue weighted by atomic mass is 9.91. The summed E-state index contributed by atoms with van der Waals surface area (Å²) < 4.78 is 0. The number of hydrogen-bond donors (Lipinski definition) is 1. The molecule has 2 aliphatic rings. The first kappa shape index (κ1) is 12.7. The van der Waals surface area contributed by atoms with Gasteiger partial charge in [-0.15, -0.1) is 0 Å². The van der Waals surface area contributed by atoms with Crippen LogP contribution < -0.4 is 0 Å². The molecule has 2 aliphatic carbocycles. The molecule has 0 fully saturated rings. The molecule has 0 bridgehead atoms. The first-order chi connectivity index (χ1) is 10.6. The average Bonchev–Trinajstić information content (AvgIpc) is 2.94. The average molecular weight is 290 g/mol. The number of aliphatic hydroxyl groups excluding tert-OH is 1. The number of allylic oxidation sites excluding steroid dienone is 1. The molecule has 2 aromatic rings. The van der Waals surface area contributed by atoms with Gasteiger partial charge >= 0.3 is 0 Å². The molecule has 0 unspecified atom stereocenters. The van der Waals surface area contributed by atoms with Gasteiger partial charge in [-0.3, -0.25) is 14.4 Å². The van der Waals surface area contributed by atoms with E-state index in [0.29, 0.717) is 22.3 Å². The standard InChI is InChI=1S/C18H10O4/c19-15-9-5-1-2-6-10(9)16(20)13(15)14-17(21)11-7-3-4-8-12(11)18(14)22/h1-8,13,21H. The number of fused-ring (bicyclic) bond motifs is 2. The van der Waals surface area contributed by atoms with Gasteiger partial charge in [0.25, 0.3) is 0 Å². The van der Waals surface area contributed by atoms with Crippen molar-refractivity contribution in [3.63, 3.8) is 0 Å². The van der Waals surface area contributed by atoms with Gasteiger partial charge in [-0.2, -0.15) is 0 Å². The van der Waals surface area contributed by atoms with E-state index in [1.54, 1.807) is 48.5 Å². The molecule has 0 saturated heterocycles. The molecule has 0 saturated carbocycles. The zero-order valence-electron chi connectivity index (χ0n) is 11.4. The Hall–Kier alpha value is -3.01. The molecule has 4 nitrogen and oxygen atoms in total. The quantitative estimate of drug-likeness (QED) is 0.820. The topological polar surface area (TPSA) is 71.4 Å². The molecule has 4 heteroatoms. The van der Waals surface area contributed by atoms with Crippen molar-refractivity contribution in [3.8, 4) is 0 Å². The predicted molar refractivity (Wildman–Crippen MR) is 78.9 cm³/mol. The maximum absolute atomic E-state index is 12.5. The fraction of sp³-hybridized carbons (Fsp3) is 0.0556. The molecule has 0 atom stereocenters. The van der Waals surface area contributed by atoms with Gasteiger partial charge in [0.1, 0.15) is 11.7 Å². The van der Waals surface area contributed by atoms with E-state index in [4.69, 9.17) is 0 Å². The zero-order chi connectivity index (χ0) is 15.4. The van der Waals surface area contributed by atoms with Crippen molar-refractivity contribution < 1.29 is 19.5 Å². The van der Waals surface area contributed by atoms with Crippen LogP contribution in [0.1, 0.15) is 36.6 Å². The number of aliphatic hydroxyl groups is 1. The lowest BCUT2D eigenvalue weighted by molar-refractivity contribution is 0.0838. The summed E-state index contributed by atoms with van der Waals surface area (Å²) in [6, 6.07) is 13.0. The van der Waals surface area contributed by atoms with Crippen LogP contribution in [0.15, 0.2) is 54.1 Å². The zero-order valence-corrected chi connectivity index (χ0v) is 11.4. The Morgan fingerprint density at radius 3 is 1.64 bits per heavy atom. The van der Waals surface area contributed by atoms with Crippen LogP contribution in [0.25, 0.3) is 5.76 Å². The molecule has 0 heterocycles. The van der Waals surface area contributed by atoms with Crippen molar-refractivity contribution in [3.05, 3.63) is 76.4 Å². The molecule has 0 aliphatic heterocycles. The van der Waals surface area contributed by atoms with E-state index in [1.807, 2.05) is 0 Å². The van der Waals surface area contributed by atoms with E-state index in [9.17, 15) is 19.5 Å². The van der Waals surface area contributed by atoms with Crippen molar-refractivity contribution in [2.24, 2.45) is 5.92 Å². The SMILES string of the molecule is O=C1C(C2C(=O)c3ccccc3C2=O)=C(O)c2ccccc21. The number of hydrogen-bond acceptors (Lipinski definition) is 4. The molecular weight excluding hydrogens is 280 g/mol. The van der Waals surface area contributed by atoms with Crippen molar-refractivity contribution >= 4 is 23.1 Å². The second kappa shape index (κ2) is 4.24. The van der Waals surface area contributed by atoms with E-state index in [0.717, 1.165) is 0 Å². The van der Waals surface area contributed by atoms with Crippen LogP contribution >= 0.6 is 0 Å².